The van der Waals surface area contributed by atoms with E-state index < -0.39 is 0 Å². The SMILES string of the molecule is Cc1ccc2ccc3c(-c4ccccc4)cc(-c4cccc(-c5ccc(-c6cc(-c7ccccc7)nc(-c7ccc(-c8ccccc8)cc7)n6)cc5)c4)nc3c2n1. The van der Waals surface area contributed by atoms with Crippen molar-refractivity contribution in [1.29, 1.82) is 0 Å². The Labute approximate surface area is 331 Å². The summed E-state index contributed by atoms with van der Waals surface area (Å²) in [6, 6.07) is 69.9. The fourth-order valence-corrected chi connectivity index (χ4v) is 7.59. The third kappa shape index (κ3) is 6.75. The van der Waals surface area contributed by atoms with E-state index in [-0.39, 0.29) is 0 Å². The first kappa shape index (κ1) is 34.0. The molecule has 0 saturated heterocycles. The van der Waals surface area contributed by atoms with E-state index in [1.165, 1.54) is 5.56 Å². The molecule has 4 heteroatoms. The summed E-state index contributed by atoms with van der Waals surface area (Å²) < 4.78 is 0. The Morgan fingerprint density at radius 3 is 1.47 bits per heavy atom. The van der Waals surface area contributed by atoms with Gasteiger partial charge in [-0.3, -0.25) is 4.98 Å². The van der Waals surface area contributed by atoms with Crippen molar-refractivity contribution < 1.29 is 0 Å². The summed E-state index contributed by atoms with van der Waals surface area (Å²) in [5.74, 6) is 0.693. The molecule has 10 rings (SSSR count). The second-order valence-corrected chi connectivity index (χ2v) is 14.3. The summed E-state index contributed by atoms with van der Waals surface area (Å²) in [6.07, 6.45) is 0. The molecule has 0 fully saturated rings. The van der Waals surface area contributed by atoms with E-state index in [2.05, 4.69) is 176 Å². The summed E-state index contributed by atoms with van der Waals surface area (Å²) in [4.78, 5) is 20.4. The molecule has 0 amide bonds. The Morgan fingerprint density at radius 1 is 0.298 bits per heavy atom. The number of benzene rings is 7. The van der Waals surface area contributed by atoms with Crippen molar-refractivity contribution in [2.24, 2.45) is 0 Å². The Hall–Kier alpha value is -7.56. The first-order valence-electron chi connectivity index (χ1n) is 19.2. The molecule has 10 aromatic rings. The number of hydrogen-bond acceptors (Lipinski definition) is 4. The normalized spacial score (nSPS) is 11.2. The molecular weight excluding hydrogens is 693 g/mol. The highest BCUT2D eigenvalue weighted by molar-refractivity contribution is 6.09. The highest BCUT2D eigenvalue weighted by atomic mass is 14.9. The molecule has 3 aromatic heterocycles. The van der Waals surface area contributed by atoms with Crippen molar-refractivity contribution in [3.63, 3.8) is 0 Å². The van der Waals surface area contributed by atoms with Crippen molar-refractivity contribution in [1.82, 2.24) is 19.9 Å². The van der Waals surface area contributed by atoms with Crippen LogP contribution in [0.15, 0.2) is 200 Å². The fourth-order valence-electron chi connectivity index (χ4n) is 7.59. The lowest BCUT2D eigenvalue weighted by Crippen LogP contribution is -1.96. The Morgan fingerprint density at radius 2 is 0.789 bits per heavy atom. The summed E-state index contributed by atoms with van der Waals surface area (Å²) >= 11 is 0. The summed E-state index contributed by atoms with van der Waals surface area (Å²) in [7, 11) is 0. The first-order chi connectivity index (χ1) is 28.1. The van der Waals surface area contributed by atoms with Gasteiger partial charge in [0.1, 0.15) is 0 Å². The lowest BCUT2D eigenvalue weighted by Gasteiger charge is -2.13. The third-order valence-electron chi connectivity index (χ3n) is 10.6. The van der Waals surface area contributed by atoms with Crippen LogP contribution < -0.4 is 0 Å². The molecule has 57 heavy (non-hydrogen) atoms. The van der Waals surface area contributed by atoms with E-state index in [0.29, 0.717) is 5.82 Å². The average Bonchev–Trinajstić information content (AvgIpc) is 3.29. The largest absolute Gasteiger partial charge is 0.251 e. The van der Waals surface area contributed by atoms with Gasteiger partial charge in [0.2, 0.25) is 0 Å². The standard InChI is InChI=1S/C53H36N4/c1-35-20-21-42-30-31-46-47(39-14-7-3-8-15-39)33-48(55-52(46)51(42)54-35)45-19-11-18-44(32-45)38-22-26-41(27-23-38)50-34-49(40-16-9-4-10-17-40)56-53(57-50)43-28-24-37(25-29-43)36-12-5-2-6-13-36/h2-34H,1H3. The van der Waals surface area contributed by atoms with Crippen LogP contribution in [-0.4, -0.2) is 19.9 Å². The highest BCUT2D eigenvalue weighted by Crippen LogP contribution is 2.37. The minimum atomic E-state index is 0.693. The lowest BCUT2D eigenvalue weighted by atomic mass is 9.95. The molecule has 0 N–H and O–H groups in total. The molecule has 0 saturated carbocycles. The van der Waals surface area contributed by atoms with Gasteiger partial charge in [0.25, 0.3) is 0 Å². The van der Waals surface area contributed by atoms with E-state index in [9.17, 15) is 0 Å². The van der Waals surface area contributed by atoms with Crippen LogP contribution in [0.2, 0.25) is 0 Å². The predicted molar refractivity (Wildman–Crippen MR) is 235 cm³/mol. The lowest BCUT2D eigenvalue weighted by molar-refractivity contribution is 1.18. The Kier molecular flexibility index (Phi) is 8.69. The van der Waals surface area contributed by atoms with Crippen molar-refractivity contribution in [2.75, 3.05) is 0 Å². The Bertz CT molecular complexity index is 3030. The zero-order valence-electron chi connectivity index (χ0n) is 31.3. The van der Waals surface area contributed by atoms with Crippen LogP contribution in [0.5, 0.6) is 0 Å². The van der Waals surface area contributed by atoms with Gasteiger partial charge in [-0.25, -0.2) is 15.0 Å². The molecule has 4 nitrogen and oxygen atoms in total. The van der Waals surface area contributed by atoms with Crippen molar-refractivity contribution >= 4 is 21.8 Å². The minimum absolute atomic E-state index is 0.693. The van der Waals surface area contributed by atoms with Gasteiger partial charge in [0, 0.05) is 38.7 Å². The van der Waals surface area contributed by atoms with Crippen LogP contribution >= 0.6 is 0 Å². The Balaban J connectivity index is 1.02. The summed E-state index contributed by atoms with van der Waals surface area (Å²) in [5.41, 5.74) is 16.4. The number of fused-ring (bicyclic) bond motifs is 3. The van der Waals surface area contributed by atoms with Gasteiger partial charge in [0.15, 0.2) is 5.82 Å². The minimum Gasteiger partial charge on any atom is -0.251 e. The summed E-state index contributed by atoms with van der Waals surface area (Å²) in [6.45, 7) is 2.03. The molecule has 0 radical (unpaired) electrons. The third-order valence-corrected chi connectivity index (χ3v) is 10.6. The second kappa shape index (κ2) is 14.6. The number of rotatable bonds is 7. The molecular formula is C53H36N4. The number of hydrogen-bond donors (Lipinski definition) is 0. The maximum Gasteiger partial charge on any atom is 0.160 e. The molecule has 0 atom stereocenters. The van der Waals surface area contributed by atoms with E-state index in [1.807, 2.05) is 31.2 Å². The highest BCUT2D eigenvalue weighted by Gasteiger charge is 2.15. The van der Waals surface area contributed by atoms with Crippen molar-refractivity contribution in [2.45, 2.75) is 6.92 Å². The van der Waals surface area contributed by atoms with E-state index in [0.717, 1.165) is 94.7 Å². The van der Waals surface area contributed by atoms with Crippen LogP contribution in [0.25, 0.3) is 100 Å². The van der Waals surface area contributed by atoms with Crippen LogP contribution in [0.4, 0.5) is 0 Å². The van der Waals surface area contributed by atoms with Crippen molar-refractivity contribution in [3.05, 3.63) is 206 Å². The molecule has 0 unspecified atom stereocenters. The number of aryl methyl sites for hydroxylation is 1. The molecule has 7 aromatic carbocycles. The van der Waals surface area contributed by atoms with Crippen LogP contribution in [-0.2, 0) is 0 Å². The smallest absolute Gasteiger partial charge is 0.160 e. The summed E-state index contributed by atoms with van der Waals surface area (Å²) in [5, 5.41) is 2.17. The van der Waals surface area contributed by atoms with Gasteiger partial charge in [-0.15, -0.1) is 0 Å². The molecule has 3 heterocycles. The van der Waals surface area contributed by atoms with Gasteiger partial charge in [0.05, 0.1) is 28.1 Å². The monoisotopic (exact) mass is 728 g/mol. The van der Waals surface area contributed by atoms with Gasteiger partial charge in [-0.2, -0.15) is 0 Å². The van der Waals surface area contributed by atoms with Gasteiger partial charge in [-0.1, -0.05) is 176 Å². The molecule has 268 valence electrons. The van der Waals surface area contributed by atoms with Crippen LogP contribution in [0, 0.1) is 6.92 Å². The first-order valence-corrected chi connectivity index (χ1v) is 19.2. The second-order valence-electron chi connectivity index (χ2n) is 14.3. The maximum atomic E-state index is 5.30. The zero-order chi connectivity index (χ0) is 38.1. The predicted octanol–water partition coefficient (Wildman–Crippen LogP) is 13.6. The van der Waals surface area contributed by atoms with Gasteiger partial charge in [-0.05, 0) is 64.6 Å². The molecule has 0 bridgehead atoms. The molecule has 0 aliphatic rings. The van der Waals surface area contributed by atoms with Crippen molar-refractivity contribution in [3.8, 4) is 78.5 Å². The molecule has 0 spiro atoms. The van der Waals surface area contributed by atoms with E-state index >= 15 is 0 Å². The van der Waals surface area contributed by atoms with Gasteiger partial charge >= 0.3 is 0 Å². The number of aromatic nitrogens is 4. The van der Waals surface area contributed by atoms with Crippen LogP contribution in [0.1, 0.15) is 5.69 Å². The average molecular weight is 729 g/mol. The molecule has 0 aliphatic carbocycles. The number of pyridine rings is 2. The van der Waals surface area contributed by atoms with E-state index in [1.54, 1.807) is 0 Å². The van der Waals surface area contributed by atoms with Gasteiger partial charge < -0.3 is 0 Å². The molecule has 0 aliphatic heterocycles. The van der Waals surface area contributed by atoms with E-state index in [4.69, 9.17) is 19.9 Å². The zero-order valence-corrected chi connectivity index (χ0v) is 31.3. The fraction of sp³-hybridized carbons (Fsp3) is 0.0189. The topological polar surface area (TPSA) is 51.6 Å². The maximum absolute atomic E-state index is 5.30. The number of nitrogens with zero attached hydrogens (tertiary/aromatic N) is 4. The quantitative estimate of drug-likeness (QED) is 0.153. The van der Waals surface area contributed by atoms with Crippen LogP contribution in [0.3, 0.4) is 0 Å².